The first kappa shape index (κ1) is 21.0. The first-order chi connectivity index (χ1) is 15.8. The predicted octanol–water partition coefficient (Wildman–Crippen LogP) is 0.578. The van der Waals surface area contributed by atoms with Crippen LogP contribution >= 0.6 is 0 Å². The van der Waals surface area contributed by atoms with Crippen LogP contribution in [0.25, 0.3) is 33.2 Å². The van der Waals surface area contributed by atoms with Crippen molar-refractivity contribution in [2.45, 2.75) is 31.9 Å². The number of carbonyl (C=O) groups excluding carboxylic acids is 1. The minimum absolute atomic E-state index is 0.246. The second kappa shape index (κ2) is 7.93. The highest BCUT2D eigenvalue weighted by atomic mass is 16.3. The number of pyridine rings is 2. The van der Waals surface area contributed by atoms with Gasteiger partial charge in [-0.05, 0) is 31.9 Å². The molecule has 4 aromatic rings. The third-order valence-electron chi connectivity index (χ3n) is 6.11. The van der Waals surface area contributed by atoms with Gasteiger partial charge in [-0.25, -0.2) is 9.78 Å². The van der Waals surface area contributed by atoms with E-state index in [0.29, 0.717) is 48.2 Å². The van der Waals surface area contributed by atoms with Crippen LogP contribution in [0.3, 0.4) is 0 Å². The van der Waals surface area contributed by atoms with E-state index in [0.717, 1.165) is 5.56 Å². The SMILES string of the molecule is C[C@H](O)C(=O)N1CCC(n2c(=O)[nH]c(=O)c3cnc4ccc(-c5cnn(C)c5)nc4c32)CC1. The maximum atomic E-state index is 13.0. The van der Waals surface area contributed by atoms with E-state index in [-0.39, 0.29) is 17.3 Å². The number of H-pyrrole nitrogens is 1. The Balaban J connectivity index is 1.67. The minimum atomic E-state index is -1.07. The van der Waals surface area contributed by atoms with Crippen molar-refractivity contribution in [1.82, 2.24) is 34.2 Å². The lowest BCUT2D eigenvalue weighted by molar-refractivity contribution is -0.140. The molecule has 0 aliphatic carbocycles. The molecule has 0 bridgehead atoms. The number of nitrogens with zero attached hydrogens (tertiary/aromatic N) is 6. The number of amides is 1. The zero-order chi connectivity index (χ0) is 23.3. The van der Waals surface area contributed by atoms with Crippen molar-refractivity contribution in [1.29, 1.82) is 0 Å². The molecule has 0 spiro atoms. The zero-order valence-electron chi connectivity index (χ0n) is 18.2. The lowest BCUT2D eigenvalue weighted by atomic mass is 10.0. The third-order valence-corrected chi connectivity index (χ3v) is 6.11. The van der Waals surface area contributed by atoms with Gasteiger partial charge in [-0.15, -0.1) is 0 Å². The molecule has 0 unspecified atom stereocenters. The number of aliphatic hydroxyl groups is 1. The fraction of sp³-hybridized carbons (Fsp3) is 0.364. The van der Waals surface area contributed by atoms with Gasteiger partial charge in [-0.3, -0.25) is 28.8 Å². The fourth-order valence-corrected chi connectivity index (χ4v) is 4.46. The van der Waals surface area contributed by atoms with Crippen LogP contribution in [0.2, 0.25) is 0 Å². The largest absolute Gasteiger partial charge is 0.384 e. The number of carbonyl (C=O) groups is 1. The molecule has 1 aliphatic rings. The number of likely N-dealkylation sites (tertiary alicyclic amines) is 1. The maximum Gasteiger partial charge on any atom is 0.329 e. The minimum Gasteiger partial charge on any atom is -0.384 e. The van der Waals surface area contributed by atoms with Crippen molar-refractivity contribution in [2.24, 2.45) is 7.05 Å². The second-order valence-electron chi connectivity index (χ2n) is 8.35. The van der Waals surface area contributed by atoms with Crippen molar-refractivity contribution >= 4 is 27.8 Å². The van der Waals surface area contributed by atoms with E-state index in [4.69, 9.17) is 4.98 Å². The molecular weight excluding hydrogens is 426 g/mol. The Hall–Kier alpha value is -3.86. The summed E-state index contributed by atoms with van der Waals surface area (Å²) in [6.07, 6.45) is 4.94. The Morgan fingerprint density at radius 3 is 2.64 bits per heavy atom. The van der Waals surface area contributed by atoms with E-state index >= 15 is 0 Å². The van der Waals surface area contributed by atoms with E-state index in [1.54, 1.807) is 20.3 Å². The van der Waals surface area contributed by atoms with E-state index in [1.165, 1.54) is 13.1 Å². The molecule has 0 saturated carbocycles. The summed E-state index contributed by atoms with van der Waals surface area (Å²) in [5.74, 6) is -0.329. The van der Waals surface area contributed by atoms with Gasteiger partial charge in [0.1, 0.15) is 11.6 Å². The maximum absolute atomic E-state index is 13.0. The summed E-state index contributed by atoms with van der Waals surface area (Å²) in [6.45, 7) is 2.25. The van der Waals surface area contributed by atoms with Crippen molar-refractivity contribution in [3.8, 4) is 11.3 Å². The van der Waals surface area contributed by atoms with Crippen LogP contribution in [-0.4, -0.2) is 64.4 Å². The van der Waals surface area contributed by atoms with E-state index in [9.17, 15) is 19.5 Å². The summed E-state index contributed by atoms with van der Waals surface area (Å²) in [6, 6.07) is 3.39. The van der Waals surface area contributed by atoms with Crippen molar-refractivity contribution in [3.05, 3.63) is 51.6 Å². The van der Waals surface area contributed by atoms with Crippen LogP contribution in [-0.2, 0) is 11.8 Å². The summed E-state index contributed by atoms with van der Waals surface area (Å²) >= 11 is 0. The summed E-state index contributed by atoms with van der Waals surface area (Å²) in [5, 5.41) is 14.1. The molecule has 4 aromatic heterocycles. The number of hydrogen-bond donors (Lipinski definition) is 2. The number of hydrogen-bond acceptors (Lipinski definition) is 7. The van der Waals surface area contributed by atoms with Gasteiger partial charge in [0, 0.05) is 44.1 Å². The number of fused-ring (bicyclic) bond motifs is 3. The van der Waals surface area contributed by atoms with Gasteiger partial charge in [0.25, 0.3) is 11.5 Å². The molecule has 5 heterocycles. The predicted molar refractivity (Wildman–Crippen MR) is 121 cm³/mol. The van der Waals surface area contributed by atoms with Crippen LogP contribution < -0.4 is 11.2 Å². The second-order valence-corrected chi connectivity index (χ2v) is 8.35. The Morgan fingerprint density at radius 2 is 1.97 bits per heavy atom. The van der Waals surface area contributed by atoms with E-state index in [1.807, 2.05) is 25.4 Å². The number of nitrogens with one attached hydrogen (secondary N) is 1. The first-order valence-electron chi connectivity index (χ1n) is 10.7. The lowest BCUT2D eigenvalue weighted by Gasteiger charge is -2.34. The highest BCUT2D eigenvalue weighted by molar-refractivity contribution is 6.01. The summed E-state index contributed by atoms with van der Waals surface area (Å²) < 4.78 is 3.25. The molecule has 1 saturated heterocycles. The molecule has 1 fully saturated rings. The van der Waals surface area contributed by atoms with Crippen LogP contribution in [0.1, 0.15) is 25.8 Å². The molecular formula is C22H23N7O4. The van der Waals surface area contributed by atoms with Crippen molar-refractivity contribution < 1.29 is 9.90 Å². The van der Waals surface area contributed by atoms with Gasteiger partial charge in [0.2, 0.25) is 0 Å². The summed E-state index contributed by atoms with van der Waals surface area (Å²) in [7, 11) is 1.81. The molecule has 1 amide bonds. The first-order valence-corrected chi connectivity index (χ1v) is 10.7. The van der Waals surface area contributed by atoms with Crippen LogP contribution in [0.4, 0.5) is 0 Å². The smallest absolute Gasteiger partial charge is 0.329 e. The van der Waals surface area contributed by atoms with Gasteiger partial charge >= 0.3 is 5.69 Å². The Labute approximate surface area is 187 Å². The zero-order valence-corrected chi connectivity index (χ0v) is 18.2. The molecule has 33 heavy (non-hydrogen) atoms. The van der Waals surface area contributed by atoms with Crippen molar-refractivity contribution in [3.63, 3.8) is 0 Å². The average Bonchev–Trinajstić information content (AvgIpc) is 3.24. The topological polar surface area (TPSA) is 139 Å². The van der Waals surface area contributed by atoms with Crippen molar-refractivity contribution in [2.75, 3.05) is 13.1 Å². The Bertz CT molecular complexity index is 1490. The molecule has 11 heteroatoms. The number of aliphatic hydroxyl groups excluding tert-OH is 1. The monoisotopic (exact) mass is 449 g/mol. The quantitative estimate of drug-likeness (QED) is 0.436. The molecule has 170 valence electrons. The van der Waals surface area contributed by atoms with Gasteiger partial charge < -0.3 is 10.0 Å². The number of aromatic nitrogens is 6. The summed E-state index contributed by atoms with van der Waals surface area (Å²) in [5.41, 5.74) is 1.88. The number of rotatable bonds is 3. The average molecular weight is 449 g/mol. The third kappa shape index (κ3) is 3.59. The van der Waals surface area contributed by atoms with Gasteiger partial charge in [0.15, 0.2) is 0 Å². The van der Waals surface area contributed by atoms with Crippen LogP contribution in [0.5, 0.6) is 0 Å². The molecule has 1 aliphatic heterocycles. The van der Waals surface area contributed by atoms with E-state index in [2.05, 4.69) is 15.1 Å². The number of piperidine rings is 1. The lowest BCUT2D eigenvalue weighted by Crippen LogP contribution is -2.45. The number of aryl methyl sites for hydroxylation is 1. The van der Waals surface area contributed by atoms with Gasteiger partial charge in [-0.2, -0.15) is 5.10 Å². The van der Waals surface area contributed by atoms with Gasteiger partial charge in [-0.1, -0.05) is 0 Å². The summed E-state index contributed by atoms with van der Waals surface area (Å²) in [4.78, 5) is 50.9. The molecule has 0 aromatic carbocycles. The number of aromatic amines is 1. The van der Waals surface area contributed by atoms with E-state index < -0.39 is 17.4 Å². The van der Waals surface area contributed by atoms with Crippen LogP contribution in [0.15, 0.2) is 40.3 Å². The normalized spacial score (nSPS) is 15.9. The molecule has 5 rings (SSSR count). The van der Waals surface area contributed by atoms with Crippen LogP contribution in [0, 0.1) is 0 Å². The standard InChI is InChI=1S/C22H23N7O4/c1-12(30)21(32)28-7-5-14(6-8-28)29-19-15(20(31)26-22(29)33)10-23-17-4-3-16(25-18(17)19)13-9-24-27(2)11-13/h3-4,9-12,14,30H,5-8H2,1-2H3,(H,26,31,33)/t12-/m0/s1. The Kier molecular flexibility index (Phi) is 5.05. The molecule has 1 atom stereocenters. The molecule has 2 N–H and O–H groups in total. The molecule has 0 radical (unpaired) electrons. The highest BCUT2D eigenvalue weighted by Crippen LogP contribution is 2.28. The van der Waals surface area contributed by atoms with Gasteiger partial charge in [0.05, 0.1) is 28.3 Å². The molecule has 11 nitrogen and oxygen atoms in total. The highest BCUT2D eigenvalue weighted by Gasteiger charge is 2.28. The Morgan fingerprint density at radius 1 is 1.21 bits per heavy atom. The fourth-order valence-electron chi connectivity index (χ4n) is 4.46.